The zero-order chi connectivity index (χ0) is 27.9. The number of imidazole rings is 1. The van der Waals surface area contributed by atoms with Gasteiger partial charge in [0.15, 0.2) is 8.07 Å². The van der Waals surface area contributed by atoms with Gasteiger partial charge in [0.2, 0.25) is 7.28 Å². The summed E-state index contributed by atoms with van der Waals surface area (Å²) in [5.74, 6) is 1.08. The molecule has 6 aromatic rings. The van der Waals surface area contributed by atoms with Crippen molar-refractivity contribution in [3.8, 4) is 5.75 Å². The van der Waals surface area contributed by atoms with Crippen LogP contribution >= 0.6 is 0 Å². The molecule has 1 aromatic heterocycles. The first-order chi connectivity index (χ1) is 20.3. The summed E-state index contributed by atoms with van der Waals surface area (Å²) in [4.78, 5) is 4.96. The fourth-order valence-corrected chi connectivity index (χ4v) is 10.6. The lowest BCUT2D eigenvalue weighted by atomic mass is 9.58. The van der Waals surface area contributed by atoms with Crippen molar-refractivity contribution in [3.63, 3.8) is 0 Å². The highest BCUT2D eigenvalue weighted by atomic mass is 28.3. The summed E-state index contributed by atoms with van der Waals surface area (Å²) >= 11 is 0. The molecule has 6 rings (SSSR count). The number of rotatable bonds is 10. The topological polar surface area (TPSA) is 27.1 Å². The highest BCUT2D eigenvalue weighted by molar-refractivity contribution is 7.10. The predicted octanol–water partition coefficient (Wildman–Crippen LogP) is 4.45. The van der Waals surface area contributed by atoms with Gasteiger partial charge in [-0.05, 0) is 44.6 Å². The first kappa shape index (κ1) is 26.6. The van der Waals surface area contributed by atoms with Crippen molar-refractivity contribution in [1.29, 1.82) is 0 Å². The average Bonchev–Trinajstić information content (AvgIpc) is 3.50. The average molecular weight is 549 g/mol. The van der Waals surface area contributed by atoms with Crippen molar-refractivity contribution in [3.05, 3.63) is 169 Å². The lowest BCUT2D eigenvalue weighted by Crippen LogP contribution is -2.70. The van der Waals surface area contributed by atoms with Crippen molar-refractivity contribution in [2.75, 3.05) is 7.11 Å². The quantitative estimate of drug-likeness (QED) is 0.187. The molecule has 0 N–H and O–H groups in total. The molecule has 0 fully saturated rings. The van der Waals surface area contributed by atoms with E-state index in [1.165, 1.54) is 26.7 Å². The SMILES string of the molecule is COc1ccc([Si](Cn2ccnc2BC(c2ccccc2)c2ccccc2)(c2ccccc2)c2ccccc2)cc1. The minimum absolute atomic E-state index is 0.212. The van der Waals surface area contributed by atoms with Crippen LogP contribution in [-0.2, 0) is 6.17 Å². The largest absolute Gasteiger partial charge is 0.497 e. The second kappa shape index (κ2) is 12.3. The van der Waals surface area contributed by atoms with Crippen molar-refractivity contribution >= 4 is 36.6 Å². The van der Waals surface area contributed by atoms with Crippen LogP contribution in [0.1, 0.15) is 16.9 Å². The number of hydrogen-bond acceptors (Lipinski definition) is 2. The predicted molar refractivity (Wildman–Crippen MR) is 174 cm³/mol. The Kier molecular flexibility index (Phi) is 7.97. The van der Waals surface area contributed by atoms with Crippen LogP contribution in [-0.4, -0.2) is 32.0 Å². The molecule has 0 atom stereocenters. The smallest absolute Gasteiger partial charge is 0.217 e. The number of aromatic nitrogens is 2. The van der Waals surface area contributed by atoms with E-state index in [0.29, 0.717) is 0 Å². The third kappa shape index (κ3) is 5.54. The Balaban J connectivity index is 1.48. The molecule has 3 nitrogen and oxygen atoms in total. The zero-order valence-electron chi connectivity index (χ0n) is 23.3. The third-order valence-electron chi connectivity index (χ3n) is 8.12. The fourth-order valence-electron chi connectivity index (χ4n) is 6.01. The highest BCUT2D eigenvalue weighted by Gasteiger charge is 2.40. The molecule has 41 heavy (non-hydrogen) atoms. The molecule has 200 valence electrons. The molecule has 0 aliphatic rings. The molecular weight excluding hydrogens is 515 g/mol. The van der Waals surface area contributed by atoms with E-state index in [-0.39, 0.29) is 5.82 Å². The molecule has 0 spiro atoms. The van der Waals surface area contributed by atoms with E-state index in [1.54, 1.807) is 7.11 Å². The van der Waals surface area contributed by atoms with E-state index in [2.05, 4.69) is 156 Å². The number of benzene rings is 5. The molecule has 0 unspecified atom stereocenters. The van der Waals surface area contributed by atoms with Crippen LogP contribution in [0.2, 0.25) is 0 Å². The molecule has 5 heteroatoms. The van der Waals surface area contributed by atoms with Crippen LogP contribution in [0.4, 0.5) is 0 Å². The lowest BCUT2D eigenvalue weighted by Gasteiger charge is -2.35. The van der Waals surface area contributed by atoms with Gasteiger partial charge in [0, 0.05) is 18.6 Å². The van der Waals surface area contributed by atoms with E-state index in [9.17, 15) is 0 Å². The van der Waals surface area contributed by atoms with Gasteiger partial charge in [-0.1, -0.05) is 133 Å². The van der Waals surface area contributed by atoms with Crippen molar-refractivity contribution in [2.24, 2.45) is 0 Å². The van der Waals surface area contributed by atoms with Crippen LogP contribution in [0.25, 0.3) is 0 Å². The maximum Gasteiger partial charge on any atom is 0.217 e. The van der Waals surface area contributed by atoms with Gasteiger partial charge in [-0.3, -0.25) is 4.98 Å². The lowest BCUT2D eigenvalue weighted by molar-refractivity contribution is 0.415. The van der Waals surface area contributed by atoms with Crippen LogP contribution < -0.4 is 26.0 Å². The number of nitrogens with zero attached hydrogens (tertiary/aromatic N) is 2. The summed E-state index contributed by atoms with van der Waals surface area (Å²) in [7, 11) is 0.00343. The second-order valence-corrected chi connectivity index (χ2v) is 14.3. The normalized spacial score (nSPS) is 11.4. The van der Waals surface area contributed by atoms with Crippen molar-refractivity contribution < 1.29 is 4.74 Å². The first-order valence-electron chi connectivity index (χ1n) is 14.1. The Morgan fingerprint density at radius 2 is 1.10 bits per heavy atom. The standard InChI is InChI=1S/C36H33BN2OSi/c1-40-31-22-24-34(25-23-31)41(32-18-10-4-11-19-32,33-20-12-5-13-21-33)28-39-27-26-38-36(39)37-35(29-14-6-2-7-15-29)30-16-8-3-9-17-30/h2-27,35,37H,28H2,1H3. The van der Waals surface area contributed by atoms with E-state index >= 15 is 0 Å². The molecule has 0 aliphatic carbocycles. The molecule has 1 heterocycles. The van der Waals surface area contributed by atoms with Gasteiger partial charge in [-0.15, -0.1) is 0 Å². The molecule has 0 aliphatic heterocycles. The van der Waals surface area contributed by atoms with Crippen LogP contribution in [0.5, 0.6) is 5.75 Å². The first-order valence-corrected chi connectivity index (χ1v) is 16.3. The molecule has 0 saturated heterocycles. The van der Waals surface area contributed by atoms with E-state index in [4.69, 9.17) is 9.72 Å². The summed E-state index contributed by atoms with van der Waals surface area (Å²) in [6, 6.07) is 52.4. The zero-order valence-corrected chi connectivity index (χ0v) is 24.3. The Labute approximate surface area is 244 Å². The second-order valence-electron chi connectivity index (χ2n) is 10.4. The van der Waals surface area contributed by atoms with Crippen molar-refractivity contribution in [1.82, 2.24) is 9.55 Å². The maximum atomic E-state index is 5.55. The Morgan fingerprint density at radius 3 is 1.59 bits per heavy atom. The van der Waals surface area contributed by atoms with Gasteiger partial charge in [0.25, 0.3) is 0 Å². The van der Waals surface area contributed by atoms with Gasteiger partial charge in [0.1, 0.15) is 5.75 Å². The summed E-state index contributed by atoms with van der Waals surface area (Å²) < 4.78 is 7.96. The Hall–Kier alpha value is -4.61. The van der Waals surface area contributed by atoms with Gasteiger partial charge >= 0.3 is 0 Å². The molecule has 0 saturated carbocycles. The minimum atomic E-state index is -2.54. The summed E-state index contributed by atoms with van der Waals surface area (Å²) in [5.41, 5.74) is 3.70. The molecule has 5 aromatic carbocycles. The maximum absolute atomic E-state index is 5.55. The number of methoxy groups -OCH3 is 1. The van der Waals surface area contributed by atoms with Crippen LogP contribution in [0, 0.1) is 0 Å². The van der Waals surface area contributed by atoms with E-state index in [1.807, 2.05) is 6.20 Å². The summed E-state index contributed by atoms with van der Waals surface area (Å²) in [6.07, 6.45) is 4.98. The van der Waals surface area contributed by atoms with Gasteiger partial charge in [0.05, 0.1) is 12.8 Å². The monoisotopic (exact) mass is 548 g/mol. The van der Waals surface area contributed by atoms with Crippen LogP contribution in [0.3, 0.4) is 0 Å². The number of ether oxygens (including phenoxy) is 1. The van der Waals surface area contributed by atoms with Gasteiger partial charge in [-0.2, -0.15) is 0 Å². The molecule has 0 radical (unpaired) electrons. The highest BCUT2D eigenvalue weighted by Crippen LogP contribution is 2.23. The van der Waals surface area contributed by atoms with E-state index < -0.39 is 8.07 Å². The Bertz CT molecular complexity index is 1580. The summed E-state index contributed by atoms with van der Waals surface area (Å²) in [6.45, 7) is 0. The third-order valence-corrected chi connectivity index (χ3v) is 12.9. The summed E-state index contributed by atoms with van der Waals surface area (Å²) in [5, 5.41) is 4.09. The van der Waals surface area contributed by atoms with Crippen molar-refractivity contribution in [2.45, 2.75) is 12.0 Å². The van der Waals surface area contributed by atoms with Gasteiger partial charge < -0.3 is 9.30 Å². The number of hydrogen-bond donors (Lipinski definition) is 0. The molecule has 0 bridgehead atoms. The van der Waals surface area contributed by atoms with Crippen LogP contribution in [0.15, 0.2) is 158 Å². The molecular formula is C36H33BN2OSi. The molecule has 0 amide bonds. The fraction of sp³-hybridized carbons (Fsp3) is 0.0833. The van der Waals surface area contributed by atoms with E-state index in [0.717, 1.165) is 24.9 Å². The van der Waals surface area contributed by atoms with Gasteiger partial charge in [-0.25, -0.2) is 0 Å². The minimum Gasteiger partial charge on any atom is -0.497 e. The Morgan fingerprint density at radius 1 is 0.634 bits per heavy atom.